The summed E-state index contributed by atoms with van der Waals surface area (Å²) in [4.78, 5) is 31.8. The molecule has 1 N–H and O–H groups in total. The zero-order chi connectivity index (χ0) is 33.3. The fourth-order valence-corrected chi connectivity index (χ4v) is 6.30. The maximum Gasteiger partial charge on any atom is 0.237 e. The van der Waals surface area contributed by atoms with Crippen LogP contribution < -0.4 is 19.5 Å². The van der Waals surface area contributed by atoms with Gasteiger partial charge in [0, 0.05) is 27.3 Å². The van der Waals surface area contributed by atoms with E-state index in [-0.39, 0.29) is 11.7 Å². The first-order valence-corrected chi connectivity index (χ1v) is 16.3. The minimum Gasteiger partial charge on any atom is -0.493 e. The molecule has 5 rings (SSSR count). The molecule has 0 saturated heterocycles. The first kappa shape index (κ1) is 33.0. The predicted octanol–water partition coefficient (Wildman–Crippen LogP) is 8.39. The van der Waals surface area contributed by atoms with Crippen LogP contribution in [0.4, 0.5) is 5.69 Å². The number of rotatable bonds is 12. The lowest BCUT2D eigenvalue weighted by Crippen LogP contribution is -2.22. The van der Waals surface area contributed by atoms with Crippen molar-refractivity contribution in [3.05, 3.63) is 112 Å². The highest BCUT2D eigenvalue weighted by Crippen LogP contribution is 2.44. The van der Waals surface area contributed by atoms with Crippen LogP contribution in [0, 0.1) is 11.3 Å². The van der Waals surface area contributed by atoms with Crippen molar-refractivity contribution in [3.8, 4) is 45.7 Å². The third kappa shape index (κ3) is 7.72. The molecule has 1 atom stereocenters. The maximum absolute atomic E-state index is 13.3. The zero-order valence-corrected chi connectivity index (χ0v) is 27.8. The highest BCUT2D eigenvalue weighted by Gasteiger charge is 2.23. The Hall–Kier alpha value is -5.37. The minimum absolute atomic E-state index is 0.128. The Bertz CT molecular complexity index is 1930. The van der Waals surface area contributed by atoms with E-state index in [1.807, 2.05) is 53.9 Å². The second kappa shape index (κ2) is 15.3. The number of ether oxygens (including phenoxy) is 3. The SMILES string of the molecule is COc1cc(-c2cc(-c3ccccc3)nc(S[C@H](C)C(=O)Nc3ccc(C(=O)/C=C/c4cccs4)cc3)c2C#N)cc(OC)c1OC. The summed E-state index contributed by atoms with van der Waals surface area (Å²) in [5.41, 5.74) is 4.12. The van der Waals surface area contributed by atoms with Gasteiger partial charge in [-0.15, -0.1) is 11.3 Å². The summed E-state index contributed by atoms with van der Waals surface area (Å²) in [6, 6.07) is 27.9. The van der Waals surface area contributed by atoms with Gasteiger partial charge in [-0.05, 0) is 78.6 Å². The van der Waals surface area contributed by atoms with Gasteiger partial charge in [-0.3, -0.25) is 9.59 Å². The molecule has 0 aliphatic rings. The number of hydrogen-bond donors (Lipinski definition) is 1. The van der Waals surface area contributed by atoms with E-state index in [0.717, 1.165) is 10.4 Å². The Morgan fingerprint density at radius 3 is 2.21 bits per heavy atom. The highest BCUT2D eigenvalue weighted by atomic mass is 32.2. The van der Waals surface area contributed by atoms with Gasteiger partial charge in [-0.1, -0.05) is 48.2 Å². The van der Waals surface area contributed by atoms with Crippen molar-refractivity contribution in [2.75, 3.05) is 26.6 Å². The molecule has 0 aliphatic carbocycles. The van der Waals surface area contributed by atoms with E-state index < -0.39 is 5.25 Å². The average Bonchev–Trinajstić information content (AvgIpc) is 3.64. The van der Waals surface area contributed by atoms with Crippen LogP contribution in [0.15, 0.2) is 101 Å². The highest BCUT2D eigenvalue weighted by molar-refractivity contribution is 8.00. The number of anilines is 1. The van der Waals surface area contributed by atoms with Gasteiger partial charge in [0.1, 0.15) is 11.1 Å². The Kier molecular flexibility index (Phi) is 10.7. The lowest BCUT2D eigenvalue weighted by Gasteiger charge is -2.18. The molecular weight excluding hydrogens is 631 g/mol. The van der Waals surface area contributed by atoms with Crippen LogP contribution in [0.5, 0.6) is 17.2 Å². The fourth-order valence-electron chi connectivity index (χ4n) is 4.76. The number of allylic oxidation sites excluding steroid dienone is 1. The average molecular weight is 662 g/mol. The van der Waals surface area contributed by atoms with Crippen molar-refractivity contribution in [1.29, 1.82) is 5.26 Å². The van der Waals surface area contributed by atoms with Gasteiger partial charge < -0.3 is 19.5 Å². The molecular formula is C37H31N3O5S2. The Morgan fingerprint density at radius 2 is 1.62 bits per heavy atom. The number of ketones is 1. The normalized spacial score (nSPS) is 11.5. The van der Waals surface area contributed by atoms with Gasteiger partial charge >= 0.3 is 0 Å². The van der Waals surface area contributed by atoms with Crippen molar-refractivity contribution in [2.24, 2.45) is 0 Å². The van der Waals surface area contributed by atoms with Gasteiger partial charge in [0.15, 0.2) is 17.3 Å². The summed E-state index contributed by atoms with van der Waals surface area (Å²) >= 11 is 2.74. The molecule has 236 valence electrons. The van der Waals surface area contributed by atoms with Crippen LogP contribution >= 0.6 is 23.1 Å². The van der Waals surface area contributed by atoms with E-state index in [1.165, 1.54) is 39.2 Å². The molecule has 0 saturated carbocycles. The van der Waals surface area contributed by atoms with Crippen LogP contribution in [0.25, 0.3) is 28.5 Å². The molecule has 2 aromatic heterocycles. The lowest BCUT2D eigenvalue weighted by molar-refractivity contribution is -0.115. The number of nitrogens with one attached hydrogen (secondary N) is 1. The molecule has 0 radical (unpaired) electrons. The smallest absolute Gasteiger partial charge is 0.237 e. The van der Waals surface area contributed by atoms with Gasteiger partial charge in [0.05, 0.1) is 37.8 Å². The van der Waals surface area contributed by atoms with Crippen molar-refractivity contribution in [2.45, 2.75) is 17.2 Å². The summed E-state index contributed by atoms with van der Waals surface area (Å²) in [5, 5.41) is 15.0. The largest absolute Gasteiger partial charge is 0.493 e. The molecule has 2 heterocycles. The number of pyridine rings is 1. The van der Waals surface area contributed by atoms with Crippen molar-refractivity contribution < 1.29 is 23.8 Å². The number of carbonyl (C=O) groups is 2. The quantitative estimate of drug-likeness (QED) is 0.0807. The molecule has 8 nitrogen and oxygen atoms in total. The first-order chi connectivity index (χ1) is 22.8. The van der Waals surface area contributed by atoms with Gasteiger partial charge in [-0.2, -0.15) is 5.26 Å². The molecule has 5 aromatic rings. The van der Waals surface area contributed by atoms with Crippen LogP contribution in [0.1, 0.15) is 27.7 Å². The fraction of sp³-hybridized carbons (Fsp3) is 0.135. The Balaban J connectivity index is 1.43. The first-order valence-electron chi connectivity index (χ1n) is 14.5. The molecule has 0 aliphatic heterocycles. The number of nitriles is 1. The number of carbonyl (C=O) groups excluding carboxylic acids is 2. The van der Waals surface area contributed by atoms with Crippen LogP contribution in [-0.2, 0) is 4.79 Å². The number of amides is 1. The Morgan fingerprint density at radius 1 is 0.915 bits per heavy atom. The van der Waals surface area contributed by atoms with E-state index in [2.05, 4.69) is 11.4 Å². The summed E-state index contributed by atoms with van der Waals surface area (Å²) < 4.78 is 16.7. The van der Waals surface area contributed by atoms with E-state index in [9.17, 15) is 14.9 Å². The van der Waals surface area contributed by atoms with Crippen molar-refractivity contribution in [3.63, 3.8) is 0 Å². The summed E-state index contributed by atoms with van der Waals surface area (Å²) in [7, 11) is 4.59. The van der Waals surface area contributed by atoms with Crippen LogP contribution in [0.3, 0.4) is 0 Å². The number of thioether (sulfide) groups is 1. The van der Waals surface area contributed by atoms with E-state index in [1.54, 1.807) is 60.7 Å². The minimum atomic E-state index is -0.622. The molecule has 1 amide bonds. The standard InChI is InChI=1S/C37H31N3O5S2/c1-23(36(42)39-27-14-12-25(13-15-27)32(41)17-16-28-11-8-18-46-28)47-37-30(22-38)29(21-31(40-37)24-9-6-5-7-10-24)26-19-33(43-2)35(45-4)34(20-26)44-3/h5-21,23H,1-4H3,(H,39,42)/b17-16+/t23-/m1/s1. The summed E-state index contributed by atoms with van der Waals surface area (Å²) in [6.07, 6.45) is 3.32. The number of thiophene rings is 1. The second-order valence-corrected chi connectivity index (χ2v) is 12.5. The summed E-state index contributed by atoms with van der Waals surface area (Å²) in [6.45, 7) is 1.75. The molecule has 0 fully saturated rings. The maximum atomic E-state index is 13.3. The van der Waals surface area contributed by atoms with Crippen LogP contribution in [0.2, 0.25) is 0 Å². The third-order valence-corrected chi connectivity index (χ3v) is 9.10. The van der Waals surface area contributed by atoms with E-state index in [0.29, 0.717) is 55.9 Å². The third-order valence-electron chi connectivity index (χ3n) is 7.18. The molecule has 47 heavy (non-hydrogen) atoms. The lowest BCUT2D eigenvalue weighted by atomic mass is 9.98. The number of aromatic nitrogens is 1. The van der Waals surface area contributed by atoms with Gasteiger partial charge in [-0.25, -0.2) is 4.98 Å². The molecule has 0 bridgehead atoms. The molecule has 3 aromatic carbocycles. The van der Waals surface area contributed by atoms with E-state index in [4.69, 9.17) is 19.2 Å². The monoisotopic (exact) mass is 661 g/mol. The van der Waals surface area contributed by atoms with Crippen LogP contribution in [-0.4, -0.2) is 43.3 Å². The number of methoxy groups -OCH3 is 3. The van der Waals surface area contributed by atoms with Crippen molar-refractivity contribution >= 4 is 46.6 Å². The summed E-state index contributed by atoms with van der Waals surface area (Å²) in [5.74, 6) is 0.907. The number of benzene rings is 3. The number of hydrogen-bond acceptors (Lipinski definition) is 9. The van der Waals surface area contributed by atoms with E-state index >= 15 is 0 Å². The van der Waals surface area contributed by atoms with Crippen molar-refractivity contribution in [1.82, 2.24) is 4.98 Å². The number of nitrogens with zero attached hydrogens (tertiary/aromatic N) is 2. The zero-order valence-electron chi connectivity index (χ0n) is 26.1. The van der Waals surface area contributed by atoms with Gasteiger partial charge in [0.25, 0.3) is 0 Å². The second-order valence-electron chi connectivity index (χ2n) is 10.2. The topological polar surface area (TPSA) is 111 Å². The Labute approximate surface area is 281 Å². The molecule has 0 spiro atoms. The predicted molar refractivity (Wildman–Crippen MR) is 188 cm³/mol. The molecule has 10 heteroatoms. The molecule has 0 unspecified atom stereocenters. The van der Waals surface area contributed by atoms with Gasteiger partial charge in [0.2, 0.25) is 11.7 Å².